The van der Waals surface area contributed by atoms with Gasteiger partial charge in [-0.05, 0) is 30.5 Å². The second-order valence-corrected chi connectivity index (χ2v) is 10.5. The van der Waals surface area contributed by atoms with Gasteiger partial charge in [0.2, 0.25) is 5.88 Å². The van der Waals surface area contributed by atoms with Crippen LogP contribution >= 0.6 is 0 Å². The number of hydrogen-bond donors (Lipinski definition) is 2. The second kappa shape index (κ2) is 10.8. The van der Waals surface area contributed by atoms with Crippen LogP contribution in [0, 0.1) is 6.92 Å². The SMILES string of the molecule is Cc1c(C(C)C)c(-c2cccc3nn(C[C@H](O)c4ccccc4)cc23)nn1-c1cc2cn(C)nc2nc1OCCO. The van der Waals surface area contributed by atoms with Gasteiger partial charge in [0.25, 0.3) is 0 Å². The minimum absolute atomic E-state index is 0.107. The molecule has 210 valence electrons. The summed E-state index contributed by atoms with van der Waals surface area (Å²) in [6.07, 6.45) is 3.21. The lowest BCUT2D eigenvalue weighted by atomic mass is 9.95. The summed E-state index contributed by atoms with van der Waals surface area (Å²) in [7, 11) is 1.85. The molecule has 10 heteroatoms. The van der Waals surface area contributed by atoms with Crippen molar-refractivity contribution in [3.63, 3.8) is 0 Å². The Hall–Kier alpha value is -4.54. The van der Waals surface area contributed by atoms with Gasteiger partial charge in [-0.3, -0.25) is 9.36 Å². The van der Waals surface area contributed by atoms with E-state index in [-0.39, 0.29) is 19.1 Å². The minimum Gasteiger partial charge on any atom is -0.474 e. The van der Waals surface area contributed by atoms with Gasteiger partial charge in [-0.25, -0.2) is 4.68 Å². The number of aryl methyl sites for hydroxylation is 1. The van der Waals surface area contributed by atoms with E-state index in [1.54, 1.807) is 9.36 Å². The number of nitrogens with zero attached hydrogens (tertiary/aromatic N) is 7. The highest BCUT2D eigenvalue weighted by molar-refractivity contribution is 5.94. The van der Waals surface area contributed by atoms with E-state index in [0.29, 0.717) is 23.8 Å². The summed E-state index contributed by atoms with van der Waals surface area (Å²) in [4.78, 5) is 4.65. The monoisotopic (exact) mass is 551 g/mol. The van der Waals surface area contributed by atoms with Crippen molar-refractivity contribution in [2.75, 3.05) is 13.2 Å². The number of benzene rings is 2. The zero-order valence-corrected chi connectivity index (χ0v) is 23.6. The fourth-order valence-electron chi connectivity index (χ4n) is 5.44. The zero-order chi connectivity index (χ0) is 28.7. The van der Waals surface area contributed by atoms with E-state index in [2.05, 4.69) is 36.9 Å². The Kier molecular flexibility index (Phi) is 7.02. The predicted molar refractivity (Wildman–Crippen MR) is 157 cm³/mol. The number of rotatable bonds is 9. The normalized spacial score (nSPS) is 12.6. The molecule has 41 heavy (non-hydrogen) atoms. The van der Waals surface area contributed by atoms with Gasteiger partial charge in [-0.2, -0.15) is 20.3 Å². The van der Waals surface area contributed by atoms with Crippen LogP contribution in [0.5, 0.6) is 5.88 Å². The van der Waals surface area contributed by atoms with Crippen molar-refractivity contribution in [3.8, 4) is 22.8 Å². The number of aliphatic hydroxyl groups excluding tert-OH is 2. The highest BCUT2D eigenvalue weighted by Crippen LogP contribution is 2.38. The average Bonchev–Trinajstić information content (AvgIpc) is 3.64. The number of pyridine rings is 1. The third-order valence-electron chi connectivity index (χ3n) is 7.25. The van der Waals surface area contributed by atoms with E-state index >= 15 is 0 Å². The van der Waals surface area contributed by atoms with Crippen LogP contribution in [-0.4, -0.2) is 57.8 Å². The predicted octanol–water partition coefficient (Wildman–Crippen LogP) is 4.71. The van der Waals surface area contributed by atoms with Gasteiger partial charge < -0.3 is 14.9 Å². The maximum Gasteiger partial charge on any atom is 0.242 e. The average molecular weight is 552 g/mol. The lowest BCUT2D eigenvalue weighted by molar-refractivity contribution is 0.152. The summed E-state index contributed by atoms with van der Waals surface area (Å²) < 4.78 is 11.3. The standard InChI is InChI=1S/C31H33N7O3/c1-19(2)28-20(3)38(26-15-22-16-36(4)35-30(22)32-31(26)41-14-13-39)34-29(28)23-11-8-12-25-24(23)17-37(33-25)18-27(40)21-9-6-5-7-10-21/h5-12,15-17,19,27,39-40H,13-14,18H2,1-4H3/t27-/m0/s1. The lowest BCUT2D eigenvalue weighted by Gasteiger charge is -2.12. The number of hydrogen-bond acceptors (Lipinski definition) is 7. The molecular weight excluding hydrogens is 518 g/mol. The Morgan fingerprint density at radius 1 is 0.976 bits per heavy atom. The van der Waals surface area contributed by atoms with Gasteiger partial charge >= 0.3 is 0 Å². The molecule has 0 saturated heterocycles. The highest BCUT2D eigenvalue weighted by atomic mass is 16.5. The van der Waals surface area contributed by atoms with Gasteiger partial charge in [0.15, 0.2) is 5.65 Å². The Balaban J connectivity index is 1.47. The summed E-state index contributed by atoms with van der Waals surface area (Å²) in [5.74, 6) is 0.541. The highest BCUT2D eigenvalue weighted by Gasteiger charge is 2.24. The van der Waals surface area contributed by atoms with E-state index in [0.717, 1.165) is 44.4 Å². The molecule has 0 unspecified atom stereocenters. The molecule has 0 aliphatic rings. The zero-order valence-electron chi connectivity index (χ0n) is 23.6. The largest absolute Gasteiger partial charge is 0.474 e. The van der Waals surface area contributed by atoms with Crippen molar-refractivity contribution >= 4 is 21.9 Å². The first kappa shape index (κ1) is 26.7. The Bertz CT molecular complexity index is 1840. The Morgan fingerprint density at radius 3 is 2.54 bits per heavy atom. The van der Waals surface area contributed by atoms with Crippen LogP contribution in [0.15, 0.2) is 67.0 Å². The second-order valence-electron chi connectivity index (χ2n) is 10.5. The van der Waals surface area contributed by atoms with Crippen LogP contribution < -0.4 is 4.74 Å². The molecule has 0 amide bonds. The summed E-state index contributed by atoms with van der Waals surface area (Å²) >= 11 is 0. The molecule has 0 radical (unpaired) electrons. The quantitative estimate of drug-likeness (QED) is 0.267. The fraction of sp³-hybridized carbons (Fsp3) is 0.290. The van der Waals surface area contributed by atoms with Crippen LogP contribution in [0.25, 0.3) is 38.9 Å². The van der Waals surface area contributed by atoms with E-state index in [4.69, 9.17) is 14.9 Å². The van der Waals surface area contributed by atoms with E-state index in [1.165, 1.54) is 0 Å². The first-order valence-electron chi connectivity index (χ1n) is 13.7. The summed E-state index contributed by atoms with van der Waals surface area (Å²) in [5.41, 5.74) is 6.81. The number of fused-ring (bicyclic) bond motifs is 2. The minimum atomic E-state index is -0.672. The maximum atomic E-state index is 10.8. The van der Waals surface area contributed by atoms with Crippen LogP contribution in [0.3, 0.4) is 0 Å². The van der Waals surface area contributed by atoms with Crippen molar-refractivity contribution < 1.29 is 14.9 Å². The van der Waals surface area contributed by atoms with Crippen molar-refractivity contribution in [1.82, 2.24) is 34.3 Å². The molecule has 2 N–H and O–H groups in total. The molecule has 1 atom stereocenters. The topological polar surface area (TPSA) is 116 Å². The van der Waals surface area contributed by atoms with Crippen molar-refractivity contribution in [2.24, 2.45) is 7.05 Å². The smallest absolute Gasteiger partial charge is 0.242 e. The van der Waals surface area contributed by atoms with E-state index < -0.39 is 6.10 Å². The molecule has 0 aliphatic carbocycles. The Morgan fingerprint density at radius 2 is 1.78 bits per heavy atom. The van der Waals surface area contributed by atoms with Gasteiger partial charge in [-0.1, -0.05) is 56.3 Å². The van der Waals surface area contributed by atoms with E-state index in [1.807, 2.05) is 72.7 Å². The van der Waals surface area contributed by atoms with Gasteiger partial charge in [0.1, 0.15) is 12.3 Å². The van der Waals surface area contributed by atoms with Crippen LogP contribution in [0.1, 0.15) is 42.7 Å². The first-order chi connectivity index (χ1) is 19.8. The third kappa shape index (κ3) is 4.96. The molecule has 0 fully saturated rings. The maximum absolute atomic E-state index is 10.8. The van der Waals surface area contributed by atoms with Crippen LogP contribution in [0.4, 0.5) is 0 Å². The van der Waals surface area contributed by atoms with Crippen molar-refractivity contribution in [3.05, 3.63) is 83.8 Å². The molecule has 4 aromatic heterocycles. The molecule has 0 bridgehead atoms. The van der Waals surface area contributed by atoms with Crippen LogP contribution in [-0.2, 0) is 13.6 Å². The summed E-state index contributed by atoms with van der Waals surface area (Å²) in [5, 5.41) is 36.4. The Labute approximate surface area is 237 Å². The molecule has 4 heterocycles. The summed E-state index contributed by atoms with van der Waals surface area (Å²) in [6, 6.07) is 17.6. The molecule has 6 rings (SSSR count). The van der Waals surface area contributed by atoms with Crippen molar-refractivity contribution in [2.45, 2.75) is 39.3 Å². The summed E-state index contributed by atoms with van der Waals surface area (Å²) in [6.45, 7) is 6.68. The molecular formula is C31H33N7O3. The van der Waals surface area contributed by atoms with Gasteiger partial charge in [-0.15, -0.1) is 0 Å². The first-order valence-corrected chi connectivity index (χ1v) is 13.7. The number of ether oxygens (including phenoxy) is 1. The molecule has 10 nitrogen and oxygen atoms in total. The van der Waals surface area contributed by atoms with Crippen molar-refractivity contribution in [1.29, 1.82) is 0 Å². The number of aromatic nitrogens is 7. The molecule has 0 aliphatic heterocycles. The molecule has 6 aromatic rings. The molecule has 0 saturated carbocycles. The van der Waals surface area contributed by atoms with Crippen LogP contribution in [0.2, 0.25) is 0 Å². The van der Waals surface area contributed by atoms with E-state index in [9.17, 15) is 10.2 Å². The van der Waals surface area contributed by atoms with Gasteiger partial charge in [0, 0.05) is 47.0 Å². The fourth-order valence-corrected chi connectivity index (χ4v) is 5.44. The molecule has 0 spiro atoms. The number of aliphatic hydroxyl groups is 2. The lowest BCUT2D eigenvalue weighted by Crippen LogP contribution is -2.09. The van der Waals surface area contributed by atoms with Gasteiger partial charge in [0.05, 0.1) is 30.5 Å². The third-order valence-corrected chi connectivity index (χ3v) is 7.25. The molecule has 2 aromatic carbocycles.